The number of nitrogens with zero attached hydrogens (tertiary/aromatic N) is 3. The number of aromatic nitrogens is 2. The van der Waals surface area contributed by atoms with Crippen LogP contribution >= 0.6 is 11.6 Å². The van der Waals surface area contributed by atoms with Crippen LogP contribution in [0.3, 0.4) is 0 Å². The van der Waals surface area contributed by atoms with Crippen molar-refractivity contribution in [3.05, 3.63) is 51.8 Å². The molecule has 3 fully saturated rings. The second-order valence-corrected chi connectivity index (χ2v) is 12.8. The molecular formula is C28H30ClF6N3O4. The smallest absolute Gasteiger partial charge is 0.433 e. The number of carbonyl (C=O) groups excluding carboxylic acids is 2. The maximum atomic E-state index is 14.6. The topological polar surface area (TPSA) is 92.5 Å². The third-order valence-electron chi connectivity index (χ3n) is 8.26. The Balaban J connectivity index is 1.74. The van der Waals surface area contributed by atoms with Gasteiger partial charge in [0.25, 0.3) is 5.91 Å². The fraction of sp³-hybridized carbons (Fsp3) is 0.571. The van der Waals surface area contributed by atoms with Gasteiger partial charge in [0.1, 0.15) is 0 Å². The highest BCUT2D eigenvalue weighted by Crippen LogP contribution is 2.56. The van der Waals surface area contributed by atoms with E-state index in [-0.39, 0.29) is 45.1 Å². The van der Waals surface area contributed by atoms with Crippen LogP contribution in [-0.2, 0) is 22.7 Å². The van der Waals surface area contributed by atoms with E-state index in [1.165, 1.54) is 0 Å². The van der Waals surface area contributed by atoms with Gasteiger partial charge in [0.05, 0.1) is 45.4 Å². The van der Waals surface area contributed by atoms with Crippen LogP contribution in [0.1, 0.15) is 91.3 Å². The second kappa shape index (κ2) is 10.6. The van der Waals surface area contributed by atoms with Gasteiger partial charge in [0.15, 0.2) is 11.5 Å². The Morgan fingerprint density at radius 1 is 0.976 bits per heavy atom. The molecular weight excluding hydrogens is 592 g/mol. The van der Waals surface area contributed by atoms with Crippen LogP contribution in [-0.4, -0.2) is 50.5 Å². The first kappa shape index (κ1) is 31.8. The quantitative estimate of drug-likeness (QED) is 0.264. The summed E-state index contributed by atoms with van der Waals surface area (Å²) in [5, 5.41) is 13.1. The minimum Gasteiger partial charge on any atom is -0.481 e. The summed E-state index contributed by atoms with van der Waals surface area (Å²) in [6.07, 6.45) is -8.40. The SMILES string of the molecule is CC(C)(C)CN(CC(=O)c1c(Cl)cccc1C(F)(F)F)C(=O)c1cnn(C23CCC(C(=O)O)(CC2)CC3)c1C(F)(F)F. The van der Waals surface area contributed by atoms with Crippen LogP contribution in [0.25, 0.3) is 0 Å². The molecule has 0 atom stereocenters. The van der Waals surface area contributed by atoms with E-state index in [9.17, 15) is 45.8 Å². The molecule has 3 aliphatic rings. The number of rotatable bonds is 7. The highest BCUT2D eigenvalue weighted by Gasteiger charge is 2.56. The van der Waals surface area contributed by atoms with E-state index in [4.69, 9.17) is 11.6 Å². The van der Waals surface area contributed by atoms with Gasteiger partial charge in [-0.25, -0.2) is 0 Å². The van der Waals surface area contributed by atoms with Crippen LogP contribution in [0.2, 0.25) is 5.02 Å². The van der Waals surface area contributed by atoms with Crippen molar-refractivity contribution in [1.82, 2.24) is 14.7 Å². The highest BCUT2D eigenvalue weighted by atomic mass is 35.5. The molecule has 5 rings (SSSR count). The van der Waals surface area contributed by atoms with Crippen molar-refractivity contribution in [3.63, 3.8) is 0 Å². The molecule has 3 aliphatic carbocycles. The van der Waals surface area contributed by atoms with Gasteiger partial charge >= 0.3 is 18.3 Å². The number of carboxylic acid groups (broad SMARTS) is 1. The standard InChI is InChI=1S/C28H30ClF6N3O4/c1-24(2,3)15-37(14-19(39)20-17(27(30,31)32)5-4-6-18(20)29)22(40)16-13-36-38(21(16)28(33,34)35)26-10-7-25(8-11-26,9-12-26)23(41)42/h4-6,13H,7-12,14-15H2,1-3H3,(H,41,42). The molecule has 1 heterocycles. The molecule has 0 aliphatic heterocycles. The van der Waals surface area contributed by atoms with Gasteiger partial charge in [-0.1, -0.05) is 38.4 Å². The maximum absolute atomic E-state index is 14.6. The average Bonchev–Trinajstić information content (AvgIpc) is 3.34. The molecule has 1 aromatic carbocycles. The predicted octanol–water partition coefficient (Wildman–Crippen LogP) is 7.08. The van der Waals surface area contributed by atoms with E-state index in [1.807, 2.05) is 0 Å². The molecule has 1 aromatic heterocycles. The van der Waals surface area contributed by atoms with Crippen LogP contribution < -0.4 is 0 Å². The van der Waals surface area contributed by atoms with Gasteiger partial charge in [-0.15, -0.1) is 0 Å². The monoisotopic (exact) mass is 621 g/mol. The molecule has 2 aromatic rings. The lowest BCUT2D eigenvalue weighted by atomic mass is 9.57. The molecule has 0 unspecified atom stereocenters. The number of carbonyl (C=O) groups is 3. The first-order chi connectivity index (χ1) is 19.2. The Morgan fingerprint density at radius 2 is 1.55 bits per heavy atom. The lowest BCUT2D eigenvalue weighted by Gasteiger charge is -2.51. The average molecular weight is 622 g/mol. The third kappa shape index (κ3) is 5.89. The molecule has 7 nitrogen and oxygen atoms in total. The number of amides is 1. The first-order valence-electron chi connectivity index (χ1n) is 13.3. The summed E-state index contributed by atoms with van der Waals surface area (Å²) in [4.78, 5) is 39.6. The van der Waals surface area contributed by atoms with Crippen LogP contribution in [0.5, 0.6) is 0 Å². The zero-order chi connectivity index (χ0) is 31.5. The van der Waals surface area contributed by atoms with E-state index in [2.05, 4.69) is 5.10 Å². The molecule has 0 spiro atoms. The Hall–Kier alpha value is -3.09. The number of fused-ring (bicyclic) bond motifs is 3. The normalized spacial score (nSPS) is 22.7. The number of carboxylic acids is 1. The Morgan fingerprint density at radius 3 is 2.02 bits per heavy atom. The van der Waals surface area contributed by atoms with E-state index in [1.54, 1.807) is 20.8 Å². The van der Waals surface area contributed by atoms with Gasteiger partial charge in [-0.2, -0.15) is 31.4 Å². The van der Waals surface area contributed by atoms with Gasteiger partial charge < -0.3 is 10.0 Å². The van der Waals surface area contributed by atoms with E-state index in [0.717, 1.165) is 27.9 Å². The van der Waals surface area contributed by atoms with Crippen molar-refractivity contribution >= 4 is 29.3 Å². The summed E-state index contributed by atoms with van der Waals surface area (Å²) in [5.41, 5.74) is -7.28. The number of benzene rings is 1. The fourth-order valence-electron chi connectivity index (χ4n) is 6.18. The molecule has 14 heteroatoms. The van der Waals surface area contributed by atoms with Gasteiger partial charge in [-0.05, 0) is 56.1 Å². The van der Waals surface area contributed by atoms with Crippen molar-refractivity contribution in [2.75, 3.05) is 13.1 Å². The zero-order valence-electron chi connectivity index (χ0n) is 23.1. The molecule has 42 heavy (non-hydrogen) atoms. The lowest BCUT2D eigenvalue weighted by Crippen LogP contribution is -2.52. The summed E-state index contributed by atoms with van der Waals surface area (Å²) in [5.74, 6) is -3.40. The van der Waals surface area contributed by atoms with E-state index >= 15 is 0 Å². The van der Waals surface area contributed by atoms with Crippen molar-refractivity contribution in [3.8, 4) is 0 Å². The first-order valence-corrected chi connectivity index (χ1v) is 13.7. The van der Waals surface area contributed by atoms with Crippen molar-refractivity contribution in [1.29, 1.82) is 0 Å². The number of Topliss-reactive ketones (excluding diaryl/α,β-unsaturated/α-hetero) is 1. The molecule has 0 radical (unpaired) electrons. The minimum absolute atomic E-state index is 0.120. The number of hydrogen-bond donors (Lipinski definition) is 1. The molecule has 2 bridgehead atoms. The van der Waals surface area contributed by atoms with E-state index < -0.39 is 80.3 Å². The maximum Gasteiger partial charge on any atom is 0.433 e. The number of alkyl halides is 6. The molecule has 0 saturated heterocycles. The summed E-state index contributed by atoms with van der Waals surface area (Å²) in [6.45, 7) is 3.73. The summed E-state index contributed by atoms with van der Waals surface area (Å²) in [7, 11) is 0. The van der Waals surface area contributed by atoms with Crippen LogP contribution in [0.4, 0.5) is 26.3 Å². The number of ketones is 1. The molecule has 1 N–H and O–H groups in total. The van der Waals surface area contributed by atoms with Crippen LogP contribution in [0.15, 0.2) is 24.4 Å². The van der Waals surface area contributed by atoms with Crippen molar-refractivity contribution < 1.29 is 45.8 Å². The van der Waals surface area contributed by atoms with Gasteiger partial charge in [-0.3, -0.25) is 19.1 Å². The zero-order valence-corrected chi connectivity index (χ0v) is 23.9. The largest absolute Gasteiger partial charge is 0.481 e. The van der Waals surface area contributed by atoms with E-state index in [0.29, 0.717) is 6.07 Å². The number of aliphatic carboxylic acids is 1. The Labute approximate surface area is 242 Å². The highest BCUT2D eigenvalue weighted by molar-refractivity contribution is 6.34. The molecule has 230 valence electrons. The Bertz CT molecular complexity index is 1390. The number of hydrogen-bond acceptors (Lipinski definition) is 4. The summed E-state index contributed by atoms with van der Waals surface area (Å²) < 4.78 is 85.6. The van der Waals surface area contributed by atoms with Gasteiger partial charge in [0, 0.05) is 6.54 Å². The molecule has 1 amide bonds. The second-order valence-electron chi connectivity index (χ2n) is 12.4. The van der Waals surface area contributed by atoms with Crippen molar-refractivity contribution in [2.45, 2.75) is 77.2 Å². The Kier molecular flexibility index (Phi) is 8.01. The number of halogens is 7. The predicted molar refractivity (Wildman–Crippen MR) is 139 cm³/mol. The van der Waals surface area contributed by atoms with Crippen LogP contribution in [0, 0.1) is 10.8 Å². The molecule has 3 saturated carbocycles. The van der Waals surface area contributed by atoms with Crippen molar-refractivity contribution in [2.24, 2.45) is 10.8 Å². The minimum atomic E-state index is -5.06. The summed E-state index contributed by atoms with van der Waals surface area (Å²) in [6, 6.07) is 2.76. The lowest BCUT2D eigenvalue weighted by molar-refractivity contribution is -0.163. The fourth-order valence-corrected chi connectivity index (χ4v) is 6.46. The summed E-state index contributed by atoms with van der Waals surface area (Å²) >= 11 is 5.96. The third-order valence-corrected chi connectivity index (χ3v) is 8.58. The van der Waals surface area contributed by atoms with Gasteiger partial charge in [0.2, 0.25) is 0 Å².